The molecule has 4 nitrogen and oxygen atoms in total. The predicted octanol–water partition coefficient (Wildman–Crippen LogP) is 4.92. The molecule has 0 spiro atoms. The minimum Gasteiger partial charge on any atom is -0.325 e. The first kappa shape index (κ1) is 17.5. The summed E-state index contributed by atoms with van der Waals surface area (Å²) in [5.41, 5.74) is 4.47. The molecule has 134 valence electrons. The fourth-order valence-corrected chi connectivity index (χ4v) is 5.69. The van der Waals surface area contributed by atoms with E-state index in [-0.39, 0.29) is 11.2 Å². The van der Waals surface area contributed by atoms with Gasteiger partial charge in [0, 0.05) is 16.0 Å². The third kappa shape index (κ3) is 3.12. The number of nitrogens with zero attached hydrogens (tertiary/aromatic N) is 2. The number of anilines is 1. The van der Waals surface area contributed by atoms with E-state index in [4.69, 9.17) is 0 Å². The first-order valence-corrected chi connectivity index (χ1v) is 10.5. The summed E-state index contributed by atoms with van der Waals surface area (Å²) >= 11 is 3.30. The van der Waals surface area contributed by atoms with Crippen LogP contribution < -0.4 is 5.32 Å². The third-order valence-electron chi connectivity index (χ3n) is 4.85. The van der Waals surface area contributed by atoms with Crippen LogP contribution in [0, 0.1) is 13.8 Å². The van der Waals surface area contributed by atoms with Gasteiger partial charge in [0.05, 0.1) is 5.25 Å². The average Bonchev–Trinajstić information content (AvgIpc) is 3.19. The lowest BCUT2D eigenvalue weighted by Gasteiger charge is -2.15. The predicted molar refractivity (Wildman–Crippen MR) is 109 cm³/mol. The van der Waals surface area contributed by atoms with E-state index in [1.165, 1.54) is 34.0 Å². The van der Waals surface area contributed by atoms with Gasteiger partial charge in [-0.05, 0) is 56.7 Å². The highest BCUT2D eigenvalue weighted by Gasteiger charge is 2.24. The summed E-state index contributed by atoms with van der Waals surface area (Å²) in [6.07, 6.45) is 5.06. The number of carbonyl (C=O) groups is 1. The van der Waals surface area contributed by atoms with Crippen molar-refractivity contribution in [1.29, 1.82) is 0 Å². The Bertz CT molecular complexity index is 976. The first-order valence-electron chi connectivity index (χ1n) is 8.83. The number of thioether (sulfide) groups is 1. The number of aromatic nitrogens is 2. The Morgan fingerprint density at radius 2 is 2.00 bits per heavy atom. The molecule has 2 aromatic heterocycles. The molecule has 4 rings (SSSR count). The molecule has 0 radical (unpaired) electrons. The highest BCUT2D eigenvalue weighted by molar-refractivity contribution is 8.00. The molecule has 0 fully saturated rings. The van der Waals surface area contributed by atoms with Crippen molar-refractivity contribution in [2.45, 2.75) is 50.3 Å². The lowest BCUT2D eigenvalue weighted by Crippen LogP contribution is -2.23. The second-order valence-corrected chi connectivity index (χ2v) is 9.15. The zero-order valence-corrected chi connectivity index (χ0v) is 16.8. The molecule has 1 N–H and O–H groups in total. The molecule has 1 aliphatic carbocycles. The molecule has 1 aromatic carbocycles. The zero-order valence-electron chi connectivity index (χ0n) is 15.1. The summed E-state index contributed by atoms with van der Waals surface area (Å²) in [4.78, 5) is 24.2. The monoisotopic (exact) mass is 383 g/mol. The van der Waals surface area contributed by atoms with E-state index in [1.54, 1.807) is 17.7 Å². The average molecular weight is 384 g/mol. The van der Waals surface area contributed by atoms with E-state index in [1.807, 2.05) is 39.0 Å². The molecule has 6 heteroatoms. The van der Waals surface area contributed by atoms with Crippen molar-refractivity contribution in [2.75, 3.05) is 5.32 Å². The minimum atomic E-state index is -0.232. The van der Waals surface area contributed by atoms with E-state index in [2.05, 4.69) is 15.3 Å². The second kappa shape index (κ2) is 7.00. The Hall–Kier alpha value is -1.92. The molecular formula is C20H21N3OS2. The molecule has 0 bridgehead atoms. The number of aryl methyl sites for hydroxylation is 4. The van der Waals surface area contributed by atoms with E-state index in [9.17, 15) is 4.79 Å². The molecule has 0 saturated heterocycles. The number of fused-ring (bicyclic) bond motifs is 3. The van der Waals surface area contributed by atoms with Crippen molar-refractivity contribution in [3.63, 3.8) is 0 Å². The van der Waals surface area contributed by atoms with Crippen molar-refractivity contribution in [1.82, 2.24) is 9.97 Å². The summed E-state index contributed by atoms with van der Waals surface area (Å²) < 4.78 is 0. The molecule has 1 aliphatic rings. The van der Waals surface area contributed by atoms with Gasteiger partial charge in [0.2, 0.25) is 5.91 Å². The molecule has 26 heavy (non-hydrogen) atoms. The fraction of sp³-hybridized carbons (Fsp3) is 0.350. The molecule has 1 unspecified atom stereocenters. The highest BCUT2D eigenvalue weighted by Crippen LogP contribution is 2.41. The molecule has 0 saturated carbocycles. The van der Waals surface area contributed by atoms with Crippen LogP contribution >= 0.6 is 23.1 Å². The van der Waals surface area contributed by atoms with Gasteiger partial charge in [0.1, 0.15) is 16.2 Å². The van der Waals surface area contributed by atoms with Gasteiger partial charge in [0.25, 0.3) is 0 Å². The normalized spacial score (nSPS) is 14.4. The van der Waals surface area contributed by atoms with Crippen molar-refractivity contribution >= 4 is 44.9 Å². The summed E-state index contributed by atoms with van der Waals surface area (Å²) in [6, 6.07) is 6.04. The first-order chi connectivity index (χ1) is 12.5. The van der Waals surface area contributed by atoms with Gasteiger partial charge in [0.15, 0.2) is 0 Å². The summed E-state index contributed by atoms with van der Waals surface area (Å²) in [5, 5.41) is 4.96. The van der Waals surface area contributed by atoms with Crippen LogP contribution in [-0.4, -0.2) is 21.1 Å². The number of hydrogen-bond acceptors (Lipinski definition) is 5. The van der Waals surface area contributed by atoms with E-state index < -0.39 is 0 Å². The van der Waals surface area contributed by atoms with Gasteiger partial charge in [-0.1, -0.05) is 30.0 Å². The van der Waals surface area contributed by atoms with Crippen LogP contribution in [0.5, 0.6) is 0 Å². The van der Waals surface area contributed by atoms with Crippen LogP contribution in [0.2, 0.25) is 0 Å². The van der Waals surface area contributed by atoms with E-state index in [0.29, 0.717) is 0 Å². The Kier molecular flexibility index (Phi) is 4.71. The number of para-hydroxylation sites is 1. The molecule has 2 heterocycles. The summed E-state index contributed by atoms with van der Waals surface area (Å²) in [6.45, 7) is 5.97. The van der Waals surface area contributed by atoms with Crippen LogP contribution in [0.15, 0.2) is 29.6 Å². The SMILES string of the molecule is Cc1cccc(C)c1NC(=O)C(C)Sc1ncnc2sc3c(c12)CCC3. The number of carbonyl (C=O) groups excluding carboxylic acids is 1. The largest absolute Gasteiger partial charge is 0.325 e. The quantitative estimate of drug-likeness (QED) is 0.513. The van der Waals surface area contributed by atoms with Gasteiger partial charge in [-0.25, -0.2) is 9.97 Å². The third-order valence-corrected chi connectivity index (χ3v) is 7.15. The van der Waals surface area contributed by atoms with Gasteiger partial charge >= 0.3 is 0 Å². The second-order valence-electron chi connectivity index (χ2n) is 6.73. The van der Waals surface area contributed by atoms with Gasteiger partial charge in [-0.15, -0.1) is 11.3 Å². The Morgan fingerprint density at radius 1 is 1.23 bits per heavy atom. The minimum absolute atomic E-state index is 0.00559. The van der Waals surface area contributed by atoms with Gasteiger partial charge in [-0.3, -0.25) is 4.79 Å². The van der Waals surface area contributed by atoms with Crippen LogP contribution in [0.25, 0.3) is 10.2 Å². The lowest BCUT2D eigenvalue weighted by molar-refractivity contribution is -0.115. The fourth-order valence-electron chi connectivity index (χ4n) is 3.45. The number of nitrogens with one attached hydrogen (secondary N) is 1. The number of rotatable bonds is 4. The Morgan fingerprint density at radius 3 is 2.77 bits per heavy atom. The molecular weight excluding hydrogens is 362 g/mol. The standard InChI is InChI=1S/C20H21N3OS2/c1-11-6-4-7-12(2)17(11)23-18(24)13(3)25-19-16-14-8-5-9-15(14)26-20(16)22-10-21-19/h4,6-7,10,13H,5,8-9H2,1-3H3,(H,23,24). The van der Waals surface area contributed by atoms with Crippen LogP contribution in [0.4, 0.5) is 5.69 Å². The maximum Gasteiger partial charge on any atom is 0.237 e. The Balaban J connectivity index is 1.58. The molecule has 3 aromatic rings. The maximum absolute atomic E-state index is 12.8. The maximum atomic E-state index is 12.8. The number of thiophene rings is 1. The smallest absolute Gasteiger partial charge is 0.237 e. The summed E-state index contributed by atoms with van der Waals surface area (Å²) in [5.74, 6) is 0.00559. The molecule has 1 atom stereocenters. The van der Waals surface area contributed by atoms with Crippen LogP contribution in [-0.2, 0) is 17.6 Å². The highest BCUT2D eigenvalue weighted by atomic mass is 32.2. The lowest BCUT2D eigenvalue weighted by atomic mass is 10.1. The zero-order chi connectivity index (χ0) is 18.3. The number of benzene rings is 1. The van der Waals surface area contributed by atoms with Crippen molar-refractivity contribution in [3.8, 4) is 0 Å². The van der Waals surface area contributed by atoms with Crippen molar-refractivity contribution < 1.29 is 4.79 Å². The van der Waals surface area contributed by atoms with E-state index in [0.717, 1.165) is 39.5 Å². The van der Waals surface area contributed by atoms with Gasteiger partial charge in [-0.2, -0.15) is 0 Å². The Labute approximate surface area is 161 Å². The van der Waals surface area contributed by atoms with Gasteiger partial charge < -0.3 is 5.32 Å². The van der Waals surface area contributed by atoms with Crippen molar-refractivity contribution in [3.05, 3.63) is 46.1 Å². The van der Waals surface area contributed by atoms with E-state index >= 15 is 0 Å². The van der Waals surface area contributed by atoms with Crippen LogP contribution in [0.3, 0.4) is 0 Å². The summed E-state index contributed by atoms with van der Waals surface area (Å²) in [7, 11) is 0. The number of hydrogen-bond donors (Lipinski definition) is 1. The molecule has 1 amide bonds. The number of amides is 1. The topological polar surface area (TPSA) is 54.9 Å². The van der Waals surface area contributed by atoms with Crippen LogP contribution in [0.1, 0.15) is 34.9 Å². The van der Waals surface area contributed by atoms with Crippen molar-refractivity contribution in [2.24, 2.45) is 0 Å². The molecule has 0 aliphatic heterocycles.